The van der Waals surface area contributed by atoms with Crippen molar-refractivity contribution in [2.75, 3.05) is 13.7 Å². The number of alkyl halides is 2. The number of esters is 1. The molecule has 0 saturated heterocycles. The Labute approximate surface area is 172 Å². The van der Waals surface area contributed by atoms with Crippen LogP contribution in [0.3, 0.4) is 0 Å². The molecule has 0 aliphatic carbocycles. The zero-order valence-electron chi connectivity index (χ0n) is 16.4. The summed E-state index contributed by atoms with van der Waals surface area (Å²) < 4.78 is 38.3. The molecule has 2 aromatic rings. The van der Waals surface area contributed by atoms with E-state index in [9.17, 15) is 23.5 Å². The minimum Gasteiger partial charge on any atom is -0.482 e. The maximum absolute atomic E-state index is 14.3. The molecule has 0 aromatic heterocycles. The Bertz CT molecular complexity index is 831. The van der Waals surface area contributed by atoms with Gasteiger partial charge < -0.3 is 25.6 Å². The molecule has 0 radical (unpaired) electrons. The average molecular weight is 422 g/mol. The second kappa shape index (κ2) is 10.7. The van der Waals surface area contributed by atoms with Crippen LogP contribution in [0, 0.1) is 0 Å². The Kier molecular flexibility index (Phi) is 8.25. The number of nitrogens with two attached hydrogens (primary N) is 1. The van der Waals surface area contributed by atoms with Crippen molar-refractivity contribution >= 4 is 11.9 Å². The summed E-state index contributed by atoms with van der Waals surface area (Å²) in [6.45, 7) is -0.358. The molecule has 0 heterocycles. The summed E-state index contributed by atoms with van der Waals surface area (Å²) >= 11 is 0. The number of amides is 1. The Hall–Kier alpha value is -3.04. The molecule has 2 rings (SSSR count). The number of benzene rings is 2. The maximum atomic E-state index is 14.3. The fourth-order valence-electron chi connectivity index (χ4n) is 2.61. The molecule has 1 unspecified atom stereocenters. The zero-order valence-corrected chi connectivity index (χ0v) is 16.4. The summed E-state index contributed by atoms with van der Waals surface area (Å²) in [4.78, 5) is 23.0. The van der Waals surface area contributed by atoms with Gasteiger partial charge in [-0.15, -0.1) is 0 Å². The molecule has 0 saturated carbocycles. The van der Waals surface area contributed by atoms with Crippen LogP contribution in [0.25, 0.3) is 0 Å². The molecule has 1 amide bonds. The van der Waals surface area contributed by atoms with E-state index in [0.717, 1.165) is 0 Å². The topological polar surface area (TPSA) is 111 Å². The number of carbonyl (C=O) groups excluding carboxylic acids is 2. The molecule has 30 heavy (non-hydrogen) atoms. The molecule has 4 N–H and O–H groups in total. The van der Waals surface area contributed by atoms with E-state index in [1.807, 2.05) is 0 Å². The quantitative estimate of drug-likeness (QED) is 0.500. The van der Waals surface area contributed by atoms with Crippen LogP contribution < -0.4 is 15.8 Å². The van der Waals surface area contributed by atoms with Gasteiger partial charge in [0.1, 0.15) is 11.9 Å². The Balaban J connectivity index is 1.90. The third-order valence-electron chi connectivity index (χ3n) is 4.35. The van der Waals surface area contributed by atoms with Gasteiger partial charge >= 0.3 is 11.9 Å². The number of rotatable bonds is 10. The molecule has 0 fully saturated rings. The molecule has 162 valence electrons. The van der Waals surface area contributed by atoms with Gasteiger partial charge in [0.2, 0.25) is 0 Å². The van der Waals surface area contributed by atoms with E-state index in [1.165, 1.54) is 19.2 Å². The van der Waals surface area contributed by atoms with Gasteiger partial charge in [0.15, 0.2) is 6.61 Å². The number of hydrogen-bond donors (Lipinski definition) is 3. The van der Waals surface area contributed by atoms with Crippen molar-refractivity contribution in [3.05, 3.63) is 65.7 Å². The van der Waals surface area contributed by atoms with Crippen LogP contribution in [0.5, 0.6) is 5.75 Å². The molecular weight excluding hydrogens is 398 g/mol. The van der Waals surface area contributed by atoms with E-state index in [4.69, 9.17) is 10.5 Å². The van der Waals surface area contributed by atoms with Crippen molar-refractivity contribution in [3.63, 3.8) is 0 Å². The number of ether oxygens (including phenoxy) is 2. The highest BCUT2D eigenvalue weighted by Gasteiger charge is 2.49. The van der Waals surface area contributed by atoms with Crippen LogP contribution >= 0.6 is 0 Å². The highest BCUT2D eigenvalue weighted by molar-refractivity contribution is 5.84. The molecule has 9 heteroatoms. The Morgan fingerprint density at radius 3 is 2.33 bits per heavy atom. The van der Waals surface area contributed by atoms with Gasteiger partial charge in [0, 0.05) is 12.6 Å². The fraction of sp³-hybridized carbons (Fsp3) is 0.333. The summed E-state index contributed by atoms with van der Waals surface area (Å²) in [7, 11) is 1.24. The zero-order chi connectivity index (χ0) is 22.1. The number of nitrogens with one attached hydrogen (secondary N) is 1. The Morgan fingerprint density at radius 1 is 1.10 bits per heavy atom. The highest BCUT2D eigenvalue weighted by atomic mass is 19.3. The lowest BCUT2D eigenvalue weighted by atomic mass is 9.97. The number of aliphatic hydroxyl groups is 1. The first-order valence-corrected chi connectivity index (χ1v) is 9.16. The number of halogens is 2. The van der Waals surface area contributed by atoms with E-state index in [-0.39, 0.29) is 19.6 Å². The lowest BCUT2D eigenvalue weighted by Crippen LogP contribution is -2.55. The van der Waals surface area contributed by atoms with Crippen LogP contribution in [0.1, 0.15) is 11.1 Å². The first kappa shape index (κ1) is 23.2. The van der Waals surface area contributed by atoms with Crippen molar-refractivity contribution < 1.29 is 33.0 Å². The van der Waals surface area contributed by atoms with Gasteiger partial charge in [-0.05, 0) is 29.7 Å². The van der Waals surface area contributed by atoms with Crippen LogP contribution in [0.15, 0.2) is 54.6 Å². The Morgan fingerprint density at radius 2 is 1.73 bits per heavy atom. The minimum atomic E-state index is -4.06. The second-order valence-corrected chi connectivity index (χ2v) is 6.61. The maximum Gasteiger partial charge on any atom is 0.351 e. The van der Waals surface area contributed by atoms with E-state index < -0.39 is 29.9 Å². The largest absolute Gasteiger partial charge is 0.482 e. The second-order valence-electron chi connectivity index (χ2n) is 6.61. The van der Waals surface area contributed by atoms with Crippen LogP contribution in [0.4, 0.5) is 8.78 Å². The van der Waals surface area contributed by atoms with Gasteiger partial charge in [-0.25, -0.2) is 4.79 Å². The number of methoxy groups -OCH3 is 1. The molecule has 0 spiro atoms. The van der Waals surface area contributed by atoms with Crippen LogP contribution in [-0.2, 0) is 27.3 Å². The first-order chi connectivity index (χ1) is 14.2. The fourth-order valence-corrected chi connectivity index (χ4v) is 2.61. The van der Waals surface area contributed by atoms with Crippen molar-refractivity contribution in [2.24, 2.45) is 5.73 Å². The SMILES string of the molecule is COC(=O)COc1ccc(C[C@H](N)C(O)C(F)(F)C(=O)NCc2ccccc2)cc1. The molecule has 2 aromatic carbocycles. The van der Waals surface area contributed by atoms with E-state index >= 15 is 0 Å². The van der Waals surface area contributed by atoms with E-state index in [0.29, 0.717) is 16.9 Å². The third kappa shape index (κ3) is 6.50. The molecule has 0 bridgehead atoms. The smallest absolute Gasteiger partial charge is 0.351 e. The van der Waals surface area contributed by atoms with Crippen LogP contribution in [-0.4, -0.2) is 48.8 Å². The summed E-state index contributed by atoms with van der Waals surface area (Å²) in [5, 5.41) is 12.1. The van der Waals surface area contributed by atoms with Crippen molar-refractivity contribution in [1.82, 2.24) is 5.32 Å². The van der Waals surface area contributed by atoms with Gasteiger partial charge in [-0.2, -0.15) is 8.78 Å². The first-order valence-electron chi connectivity index (χ1n) is 9.16. The number of hydrogen-bond acceptors (Lipinski definition) is 6. The summed E-state index contributed by atoms with van der Waals surface area (Å²) in [5.41, 5.74) is 6.93. The predicted molar refractivity (Wildman–Crippen MR) is 105 cm³/mol. The normalized spacial score (nSPS) is 13.2. The summed E-state index contributed by atoms with van der Waals surface area (Å²) in [6.07, 6.45) is -2.47. The summed E-state index contributed by atoms with van der Waals surface area (Å²) in [5.74, 6) is -5.82. The van der Waals surface area contributed by atoms with Gasteiger partial charge in [0.25, 0.3) is 5.91 Å². The minimum absolute atomic E-state index is 0.0930. The summed E-state index contributed by atoms with van der Waals surface area (Å²) in [6, 6.07) is 13.4. The number of aliphatic hydroxyl groups excluding tert-OH is 1. The van der Waals surface area contributed by atoms with E-state index in [2.05, 4.69) is 10.1 Å². The monoisotopic (exact) mass is 422 g/mol. The standard InChI is InChI=1S/C21H24F2N2O5/c1-29-18(26)13-30-16-9-7-14(8-10-16)11-17(24)19(27)21(22,23)20(28)25-12-15-5-3-2-4-6-15/h2-10,17,19,27H,11-13,24H2,1H3,(H,25,28)/t17-,19?/m0/s1. The van der Waals surface area contributed by atoms with E-state index in [1.54, 1.807) is 42.5 Å². The molecule has 2 atom stereocenters. The van der Waals surface area contributed by atoms with Gasteiger partial charge in [-0.3, -0.25) is 4.79 Å². The molecule has 7 nitrogen and oxygen atoms in total. The van der Waals surface area contributed by atoms with Crippen molar-refractivity contribution in [1.29, 1.82) is 0 Å². The lowest BCUT2D eigenvalue weighted by molar-refractivity contribution is -0.165. The number of carbonyl (C=O) groups is 2. The lowest BCUT2D eigenvalue weighted by Gasteiger charge is -2.26. The predicted octanol–water partition coefficient (Wildman–Crippen LogP) is 1.42. The van der Waals surface area contributed by atoms with Crippen molar-refractivity contribution in [3.8, 4) is 5.75 Å². The highest BCUT2D eigenvalue weighted by Crippen LogP contribution is 2.23. The van der Waals surface area contributed by atoms with Gasteiger partial charge in [0.05, 0.1) is 7.11 Å². The molecular formula is C21H24F2N2O5. The van der Waals surface area contributed by atoms with Gasteiger partial charge in [-0.1, -0.05) is 42.5 Å². The third-order valence-corrected chi connectivity index (χ3v) is 4.35. The average Bonchev–Trinajstić information content (AvgIpc) is 2.76. The van der Waals surface area contributed by atoms with Crippen molar-refractivity contribution in [2.45, 2.75) is 31.0 Å². The molecule has 0 aliphatic heterocycles. The van der Waals surface area contributed by atoms with Crippen LogP contribution in [0.2, 0.25) is 0 Å². The molecule has 0 aliphatic rings.